The van der Waals surface area contributed by atoms with Crippen molar-refractivity contribution >= 4 is 17.5 Å². The first kappa shape index (κ1) is 10.8. The van der Waals surface area contributed by atoms with E-state index in [0.717, 1.165) is 5.75 Å². The van der Waals surface area contributed by atoms with Gasteiger partial charge in [-0.25, -0.2) is 0 Å². The number of ketones is 1. The molecule has 13 heavy (non-hydrogen) atoms. The van der Waals surface area contributed by atoms with Crippen LogP contribution in [0.1, 0.15) is 13.3 Å². The SMILES string of the molecule is CCC(=O)C(C1C=CSC1)N(C)C. The molecule has 74 valence electrons. The highest BCUT2D eigenvalue weighted by atomic mass is 32.2. The molecular weight excluding hydrogens is 182 g/mol. The van der Waals surface area contributed by atoms with Crippen LogP contribution in [0.4, 0.5) is 0 Å². The standard InChI is InChI=1S/C10H17NOS/c1-4-9(12)10(11(2)3)8-5-6-13-7-8/h5-6,8,10H,4,7H2,1-3H3. The van der Waals surface area contributed by atoms with Crippen LogP contribution in [0.15, 0.2) is 11.5 Å². The zero-order valence-electron chi connectivity index (χ0n) is 8.49. The highest BCUT2D eigenvalue weighted by Gasteiger charge is 2.28. The van der Waals surface area contributed by atoms with E-state index in [0.29, 0.717) is 18.1 Å². The average molecular weight is 199 g/mol. The monoisotopic (exact) mass is 199 g/mol. The minimum absolute atomic E-state index is 0.0799. The van der Waals surface area contributed by atoms with E-state index in [1.54, 1.807) is 11.8 Å². The van der Waals surface area contributed by atoms with Crippen molar-refractivity contribution in [3.63, 3.8) is 0 Å². The van der Waals surface area contributed by atoms with Crippen molar-refractivity contribution in [1.82, 2.24) is 4.90 Å². The Labute approximate surface area is 84.4 Å². The summed E-state index contributed by atoms with van der Waals surface area (Å²) in [7, 11) is 3.96. The lowest BCUT2D eigenvalue weighted by molar-refractivity contribution is -0.124. The number of nitrogens with zero attached hydrogens (tertiary/aromatic N) is 1. The Balaban J connectivity index is 2.66. The van der Waals surface area contributed by atoms with Gasteiger partial charge in [-0.3, -0.25) is 9.69 Å². The number of likely N-dealkylation sites (N-methyl/N-ethyl adjacent to an activating group) is 1. The Morgan fingerprint density at radius 1 is 1.69 bits per heavy atom. The van der Waals surface area contributed by atoms with Gasteiger partial charge in [-0.15, -0.1) is 11.8 Å². The van der Waals surface area contributed by atoms with E-state index in [-0.39, 0.29) is 6.04 Å². The molecule has 0 aromatic carbocycles. The van der Waals surface area contributed by atoms with Gasteiger partial charge in [0.05, 0.1) is 6.04 Å². The molecule has 0 aromatic heterocycles. The fourth-order valence-corrected chi connectivity index (χ4v) is 2.63. The second kappa shape index (κ2) is 4.82. The third-order valence-corrected chi connectivity index (χ3v) is 3.28. The van der Waals surface area contributed by atoms with Crippen molar-refractivity contribution in [2.45, 2.75) is 19.4 Å². The Hall–Kier alpha value is -0.280. The van der Waals surface area contributed by atoms with Crippen LogP contribution in [0.3, 0.4) is 0 Å². The van der Waals surface area contributed by atoms with Crippen molar-refractivity contribution in [3.05, 3.63) is 11.5 Å². The first-order valence-electron chi connectivity index (χ1n) is 4.64. The van der Waals surface area contributed by atoms with Gasteiger partial charge in [-0.2, -0.15) is 0 Å². The molecule has 2 nitrogen and oxygen atoms in total. The third-order valence-electron chi connectivity index (χ3n) is 2.35. The molecular formula is C10H17NOS. The number of hydrogen-bond donors (Lipinski definition) is 0. The molecule has 1 rings (SSSR count). The molecule has 0 N–H and O–H groups in total. The molecule has 3 heteroatoms. The molecule has 0 radical (unpaired) electrons. The Morgan fingerprint density at radius 3 is 2.77 bits per heavy atom. The molecule has 0 aliphatic carbocycles. The van der Waals surface area contributed by atoms with E-state index >= 15 is 0 Å². The summed E-state index contributed by atoms with van der Waals surface area (Å²) in [6, 6.07) is 0.0799. The van der Waals surface area contributed by atoms with Gasteiger partial charge in [0.15, 0.2) is 0 Å². The number of hydrogen-bond acceptors (Lipinski definition) is 3. The van der Waals surface area contributed by atoms with E-state index in [1.165, 1.54) is 0 Å². The summed E-state index contributed by atoms with van der Waals surface area (Å²) in [5.74, 6) is 1.81. The van der Waals surface area contributed by atoms with Gasteiger partial charge in [0.2, 0.25) is 0 Å². The molecule has 1 aliphatic rings. The van der Waals surface area contributed by atoms with Crippen LogP contribution in [0.2, 0.25) is 0 Å². The second-order valence-corrected chi connectivity index (χ2v) is 4.49. The number of carbonyl (C=O) groups excluding carboxylic acids is 1. The van der Waals surface area contributed by atoms with Crippen LogP contribution in [0.25, 0.3) is 0 Å². The summed E-state index contributed by atoms with van der Waals surface area (Å²) in [5.41, 5.74) is 0. The molecule has 0 aromatic rings. The van der Waals surface area contributed by atoms with Crippen LogP contribution in [-0.4, -0.2) is 36.6 Å². The Bertz CT molecular complexity index is 213. The second-order valence-electron chi connectivity index (χ2n) is 3.55. The highest BCUT2D eigenvalue weighted by molar-refractivity contribution is 8.02. The van der Waals surface area contributed by atoms with Crippen LogP contribution in [0, 0.1) is 5.92 Å². The van der Waals surface area contributed by atoms with Crippen molar-refractivity contribution in [2.24, 2.45) is 5.92 Å². The van der Waals surface area contributed by atoms with Crippen molar-refractivity contribution in [1.29, 1.82) is 0 Å². The fourth-order valence-electron chi connectivity index (χ4n) is 1.69. The normalized spacial score (nSPS) is 23.8. The number of Topliss-reactive ketones (excluding diaryl/α,β-unsaturated/α-hetero) is 1. The zero-order valence-corrected chi connectivity index (χ0v) is 9.30. The quantitative estimate of drug-likeness (QED) is 0.688. The summed E-state index contributed by atoms with van der Waals surface area (Å²) in [6.07, 6.45) is 2.79. The van der Waals surface area contributed by atoms with Gasteiger partial charge in [-0.05, 0) is 19.5 Å². The van der Waals surface area contributed by atoms with E-state index in [1.807, 2.05) is 25.9 Å². The summed E-state index contributed by atoms with van der Waals surface area (Å²) in [6.45, 7) is 1.94. The van der Waals surface area contributed by atoms with Crippen LogP contribution in [-0.2, 0) is 4.79 Å². The minimum atomic E-state index is 0.0799. The largest absolute Gasteiger partial charge is 0.299 e. The maximum absolute atomic E-state index is 11.7. The smallest absolute Gasteiger partial charge is 0.150 e. The molecule has 0 saturated carbocycles. The third kappa shape index (κ3) is 2.58. The lowest BCUT2D eigenvalue weighted by Crippen LogP contribution is -2.41. The van der Waals surface area contributed by atoms with E-state index < -0.39 is 0 Å². The number of rotatable bonds is 4. The lowest BCUT2D eigenvalue weighted by atomic mass is 9.96. The summed E-state index contributed by atoms with van der Waals surface area (Å²) in [4.78, 5) is 13.7. The molecule has 0 bridgehead atoms. The van der Waals surface area contributed by atoms with Gasteiger partial charge in [0.1, 0.15) is 5.78 Å². The fraction of sp³-hybridized carbons (Fsp3) is 0.700. The number of carbonyl (C=O) groups is 1. The number of thioether (sulfide) groups is 1. The lowest BCUT2D eigenvalue weighted by Gasteiger charge is -2.26. The van der Waals surface area contributed by atoms with Gasteiger partial charge >= 0.3 is 0 Å². The van der Waals surface area contributed by atoms with E-state index in [2.05, 4.69) is 11.5 Å². The minimum Gasteiger partial charge on any atom is -0.299 e. The topological polar surface area (TPSA) is 20.3 Å². The molecule has 0 spiro atoms. The summed E-state index contributed by atoms with van der Waals surface area (Å²) >= 11 is 1.80. The zero-order chi connectivity index (χ0) is 9.84. The first-order chi connectivity index (χ1) is 6.16. The highest BCUT2D eigenvalue weighted by Crippen LogP contribution is 2.26. The molecule has 2 atom stereocenters. The predicted octanol–water partition coefficient (Wildman–Crippen LogP) is 1.77. The Morgan fingerprint density at radius 2 is 2.38 bits per heavy atom. The van der Waals surface area contributed by atoms with Crippen molar-refractivity contribution < 1.29 is 4.79 Å². The molecule has 1 aliphatic heterocycles. The van der Waals surface area contributed by atoms with Gasteiger partial charge in [0, 0.05) is 18.1 Å². The molecule has 0 amide bonds. The summed E-state index contributed by atoms with van der Waals surface area (Å²) in [5, 5.41) is 2.10. The van der Waals surface area contributed by atoms with Crippen LogP contribution >= 0.6 is 11.8 Å². The maximum Gasteiger partial charge on any atom is 0.150 e. The van der Waals surface area contributed by atoms with E-state index in [9.17, 15) is 4.79 Å². The van der Waals surface area contributed by atoms with Gasteiger partial charge < -0.3 is 0 Å². The molecule has 2 unspecified atom stereocenters. The Kier molecular flexibility index (Phi) is 4.00. The maximum atomic E-state index is 11.7. The molecule has 0 saturated heterocycles. The van der Waals surface area contributed by atoms with Gasteiger partial charge in [-0.1, -0.05) is 13.0 Å². The predicted molar refractivity (Wildman–Crippen MR) is 57.9 cm³/mol. The van der Waals surface area contributed by atoms with Crippen LogP contribution < -0.4 is 0 Å². The molecule has 1 heterocycles. The van der Waals surface area contributed by atoms with Crippen molar-refractivity contribution in [2.75, 3.05) is 19.8 Å². The summed E-state index contributed by atoms with van der Waals surface area (Å²) < 4.78 is 0. The van der Waals surface area contributed by atoms with E-state index in [4.69, 9.17) is 0 Å². The molecule has 0 fully saturated rings. The van der Waals surface area contributed by atoms with Crippen molar-refractivity contribution in [3.8, 4) is 0 Å². The van der Waals surface area contributed by atoms with Gasteiger partial charge in [0.25, 0.3) is 0 Å². The first-order valence-corrected chi connectivity index (χ1v) is 5.69. The average Bonchev–Trinajstić information content (AvgIpc) is 2.56. The van der Waals surface area contributed by atoms with Crippen LogP contribution in [0.5, 0.6) is 0 Å².